The van der Waals surface area contributed by atoms with Gasteiger partial charge in [-0.1, -0.05) is 36.4 Å². The number of fused-ring (bicyclic) bond motifs is 1. The van der Waals surface area contributed by atoms with Crippen LogP contribution in [0, 0.1) is 0 Å². The van der Waals surface area contributed by atoms with E-state index in [0.29, 0.717) is 24.3 Å². The highest BCUT2D eigenvalue weighted by Gasteiger charge is 2.17. The molecule has 0 unspecified atom stereocenters. The van der Waals surface area contributed by atoms with E-state index < -0.39 is 0 Å². The highest BCUT2D eigenvalue weighted by atomic mass is 16.1. The summed E-state index contributed by atoms with van der Waals surface area (Å²) in [5.41, 5.74) is 3.79. The second-order valence-electron chi connectivity index (χ2n) is 6.12. The van der Waals surface area contributed by atoms with Crippen LogP contribution in [0.15, 0.2) is 67.0 Å². The third-order valence-corrected chi connectivity index (χ3v) is 4.38. The molecule has 0 aliphatic heterocycles. The average Bonchev–Trinajstić information content (AvgIpc) is 3.16. The van der Waals surface area contributed by atoms with Crippen LogP contribution in [0.4, 0.5) is 0 Å². The first kappa shape index (κ1) is 16.9. The van der Waals surface area contributed by atoms with Crippen molar-refractivity contribution in [1.82, 2.24) is 25.1 Å². The van der Waals surface area contributed by atoms with Crippen LogP contribution in [0.25, 0.3) is 22.3 Å². The number of aryl methyl sites for hydroxylation is 1. The lowest BCUT2D eigenvalue weighted by Gasteiger charge is -2.09. The van der Waals surface area contributed by atoms with Gasteiger partial charge in [-0.25, -0.2) is 9.67 Å². The molecule has 0 aliphatic carbocycles. The smallest absolute Gasteiger partial charge is 0.252 e. The molecule has 4 rings (SSSR count). The van der Waals surface area contributed by atoms with Gasteiger partial charge in [0, 0.05) is 18.3 Å². The molecule has 27 heavy (non-hydrogen) atoms. The van der Waals surface area contributed by atoms with E-state index in [1.807, 2.05) is 61.5 Å². The van der Waals surface area contributed by atoms with Crippen LogP contribution in [-0.4, -0.2) is 25.7 Å². The molecule has 0 spiro atoms. The van der Waals surface area contributed by atoms with Crippen molar-refractivity contribution in [2.24, 2.45) is 0 Å². The minimum Gasteiger partial charge on any atom is -0.346 e. The summed E-state index contributed by atoms with van der Waals surface area (Å²) in [5, 5.41) is 8.06. The van der Waals surface area contributed by atoms with Gasteiger partial charge in [-0.05, 0) is 25.1 Å². The lowest BCUT2D eigenvalue weighted by atomic mass is 10.1. The molecule has 0 fully saturated rings. The number of nitrogens with one attached hydrogen (secondary N) is 1. The zero-order chi connectivity index (χ0) is 18.6. The maximum Gasteiger partial charge on any atom is 0.252 e. The summed E-state index contributed by atoms with van der Waals surface area (Å²) in [7, 11) is 0. The number of nitrogens with zero attached hydrogens (tertiary/aromatic N) is 4. The SMILES string of the molecule is CCn1ncc2c(C(=O)NCc3ccccn3)cc(-c3ccccc3)nc21. The van der Waals surface area contributed by atoms with Gasteiger partial charge in [0.25, 0.3) is 5.91 Å². The summed E-state index contributed by atoms with van der Waals surface area (Å²) in [6.07, 6.45) is 3.42. The fourth-order valence-corrected chi connectivity index (χ4v) is 2.99. The van der Waals surface area contributed by atoms with Crippen molar-refractivity contribution in [2.75, 3.05) is 0 Å². The van der Waals surface area contributed by atoms with Crippen molar-refractivity contribution < 1.29 is 4.79 Å². The number of aromatic nitrogens is 4. The van der Waals surface area contributed by atoms with Gasteiger partial charge in [-0.15, -0.1) is 0 Å². The Labute approximate surface area is 156 Å². The number of pyridine rings is 2. The first-order valence-corrected chi connectivity index (χ1v) is 8.86. The van der Waals surface area contributed by atoms with Gasteiger partial charge in [-0.2, -0.15) is 5.10 Å². The monoisotopic (exact) mass is 357 g/mol. The Morgan fingerprint density at radius 2 is 1.93 bits per heavy atom. The van der Waals surface area contributed by atoms with Gasteiger partial charge in [0.2, 0.25) is 0 Å². The molecule has 0 atom stereocenters. The van der Waals surface area contributed by atoms with Crippen molar-refractivity contribution in [3.63, 3.8) is 0 Å². The molecule has 0 saturated heterocycles. The van der Waals surface area contributed by atoms with E-state index in [0.717, 1.165) is 22.3 Å². The topological polar surface area (TPSA) is 72.7 Å². The quantitative estimate of drug-likeness (QED) is 0.594. The number of amides is 1. The molecular weight excluding hydrogens is 338 g/mol. The number of rotatable bonds is 5. The van der Waals surface area contributed by atoms with Crippen molar-refractivity contribution in [2.45, 2.75) is 20.0 Å². The lowest BCUT2D eigenvalue weighted by molar-refractivity contribution is 0.0952. The second-order valence-corrected chi connectivity index (χ2v) is 6.12. The Morgan fingerprint density at radius 3 is 2.67 bits per heavy atom. The molecule has 3 heterocycles. The fraction of sp³-hybridized carbons (Fsp3) is 0.143. The Bertz CT molecular complexity index is 1070. The van der Waals surface area contributed by atoms with Gasteiger partial charge < -0.3 is 5.32 Å². The first-order chi connectivity index (χ1) is 13.3. The summed E-state index contributed by atoms with van der Waals surface area (Å²) in [6.45, 7) is 3.06. The molecule has 0 radical (unpaired) electrons. The van der Waals surface area contributed by atoms with Crippen LogP contribution < -0.4 is 5.32 Å². The zero-order valence-corrected chi connectivity index (χ0v) is 15.0. The maximum atomic E-state index is 12.9. The summed E-state index contributed by atoms with van der Waals surface area (Å²) in [4.78, 5) is 21.9. The number of hydrogen-bond acceptors (Lipinski definition) is 4. The van der Waals surface area contributed by atoms with E-state index in [1.165, 1.54) is 0 Å². The minimum absolute atomic E-state index is 0.166. The lowest BCUT2D eigenvalue weighted by Crippen LogP contribution is -2.23. The first-order valence-electron chi connectivity index (χ1n) is 8.86. The van der Waals surface area contributed by atoms with Crippen molar-refractivity contribution in [3.05, 3.63) is 78.2 Å². The van der Waals surface area contributed by atoms with E-state index in [-0.39, 0.29) is 5.91 Å². The fourth-order valence-electron chi connectivity index (χ4n) is 2.99. The van der Waals surface area contributed by atoms with Crippen LogP contribution in [0.2, 0.25) is 0 Å². The molecule has 1 N–H and O–H groups in total. The van der Waals surface area contributed by atoms with Crippen LogP contribution in [0.5, 0.6) is 0 Å². The molecular formula is C21H19N5O. The van der Waals surface area contributed by atoms with E-state index in [2.05, 4.69) is 15.4 Å². The number of carbonyl (C=O) groups excluding carboxylic acids is 1. The van der Waals surface area contributed by atoms with Crippen LogP contribution in [-0.2, 0) is 13.1 Å². The highest BCUT2D eigenvalue weighted by molar-refractivity contribution is 6.06. The molecule has 134 valence electrons. The van der Waals surface area contributed by atoms with Crippen LogP contribution in [0.3, 0.4) is 0 Å². The van der Waals surface area contributed by atoms with Crippen molar-refractivity contribution in [1.29, 1.82) is 0 Å². The Kier molecular flexibility index (Phi) is 4.61. The summed E-state index contributed by atoms with van der Waals surface area (Å²) < 4.78 is 1.80. The predicted octanol–water partition coefficient (Wildman–Crippen LogP) is 3.44. The standard InChI is InChI=1S/C21H19N5O/c1-2-26-20-18(14-24-26)17(12-19(25-20)15-8-4-3-5-9-15)21(27)23-13-16-10-6-7-11-22-16/h3-12,14H,2,13H2,1H3,(H,23,27). The van der Waals surface area contributed by atoms with Gasteiger partial charge in [-0.3, -0.25) is 9.78 Å². The Balaban J connectivity index is 1.74. The summed E-state index contributed by atoms with van der Waals surface area (Å²) in [6, 6.07) is 17.3. The predicted molar refractivity (Wildman–Crippen MR) is 104 cm³/mol. The molecule has 0 saturated carbocycles. The average molecular weight is 357 g/mol. The summed E-state index contributed by atoms with van der Waals surface area (Å²) in [5.74, 6) is -0.166. The van der Waals surface area contributed by atoms with Crippen molar-refractivity contribution >= 4 is 16.9 Å². The largest absolute Gasteiger partial charge is 0.346 e. The maximum absolute atomic E-state index is 12.9. The minimum atomic E-state index is -0.166. The normalized spacial score (nSPS) is 10.9. The van der Waals surface area contributed by atoms with E-state index in [9.17, 15) is 4.79 Å². The molecule has 4 aromatic rings. The molecule has 1 amide bonds. The van der Waals surface area contributed by atoms with Gasteiger partial charge in [0.05, 0.1) is 35.1 Å². The van der Waals surface area contributed by atoms with Gasteiger partial charge >= 0.3 is 0 Å². The van der Waals surface area contributed by atoms with E-state index in [1.54, 1.807) is 17.1 Å². The third-order valence-electron chi connectivity index (χ3n) is 4.38. The van der Waals surface area contributed by atoms with Gasteiger partial charge in [0.1, 0.15) is 0 Å². The van der Waals surface area contributed by atoms with E-state index in [4.69, 9.17) is 4.98 Å². The van der Waals surface area contributed by atoms with Gasteiger partial charge in [0.15, 0.2) is 5.65 Å². The number of benzene rings is 1. The van der Waals surface area contributed by atoms with Crippen molar-refractivity contribution in [3.8, 4) is 11.3 Å². The number of hydrogen-bond donors (Lipinski definition) is 1. The highest BCUT2D eigenvalue weighted by Crippen LogP contribution is 2.25. The second kappa shape index (κ2) is 7.37. The molecule has 0 aliphatic rings. The molecule has 3 aromatic heterocycles. The Hall–Kier alpha value is -3.54. The zero-order valence-electron chi connectivity index (χ0n) is 15.0. The molecule has 1 aromatic carbocycles. The van der Waals surface area contributed by atoms with Crippen LogP contribution in [0.1, 0.15) is 23.0 Å². The number of carbonyl (C=O) groups is 1. The van der Waals surface area contributed by atoms with Crippen LogP contribution >= 0.6 is 0 Å². The van der Waals surface area contributed by atoms with E-state index >= 15 is 0 Å². The summed E-state index contributed by atoms with van der Waals surface area (Å²) >= 11 is 0. The third kappa shape index (κ3) is 3.42. The molecule has 6 nitrogen and oxygen atoms in total. The molecule has 0 bridgehead atoms. The Morgan fingerprint density at radius 1 is 1.11 bits per heavy atom. The molecule has 6 heteroatoms.